The molecule has 0 saturated carbocycles. The van der Waals surface area contributed by atoms with Gasteiger partial charge in [-0.3, -0.25) is 0 Å². The summed E-state index contributed by atoms with van der Waals surface area (Å²) >= 11 is 4.05. The van der Waals surface area contributed by atoms with Crippen LogP contribution in [0.3, 0.4) is 0 Å². The Labute approximate surface area is 123 Å². The molecule has 1 aliphatic rings. The third kappa shape index (κ3) is 2.68. The van der Waals surface area contributed by atoms with Gasteiger partial charge in [-0.05, 0) is 24.2 Å². The van der Waals surface area contributed by atoms with Crippen molar-refractivity contribution in [2.24, 2.45) is 0 Å². The lowest BCUT2D eigenvalue weighted by molar-refractivity contribution is -0.695. The first-order valence-electron chi connectivity index (χ1n) is 6.46. The molecule has 98 valence electrons. The van der Waals surface area contributed by atoms with Crippen LogP contribution in [0.15, 0.2) is 28.6 Å². The van der Waals surface area contributed by atoms with Gasteiger partial charge < -0.3 is 12.4 Å². The van der Waals surface area contributed by atoms with E-state index in [-0.39, 0.29) is 12.4 Å². The molecule has 0 fully saturated rings. The van der Waals surface area contributed by atoms with Crippen molar-refractivity contribution < 1.29 is 17.0 Å². The Morgan fingerprint density at radius 2 is 2.11 bits per heavy atom. The summed E-state index contributed by atoms with van der Waals surface area (Å²) in [5.74, 6) is 0. The Morgan fingerprint density at radius 1 is 1.28 bits per heavy atom. The predicted molar refractivity (Wildman–Crippen MR) is 75.8 cm³/mol. The Balaban J connectivity index is 0.00000120. The summed E-state index contributed by atoms with van der Waals surface area (Å²) in [6.45, 7) is 3.49. The fraction of sp³-hybridized carbons (Fsp3) is 0.500. The first-order valence-corrected chi connectivity index (χ1v) is 8.16. The highest BCUT2D eigenvalue weighted by atomic mass is 35.5. The van der Waals surface area contributed by atoms with E-state index in [0.717, 1.165) is 5.25 Å². The molecule has 0 spiro atoms. The minimum absolute atomic E-state index is 0. The number of benzene rings is 1. The number of unbranched alkanes of at least 4 members (excludes halogenated alkanes) is 2. The largest absolute Gasteiger partial charge is 1.00 e. The number of hydrogen-bond acceptors (Lipinski definition) is 2. The van der Waals surface area contributed by atoms with Crippen molar-refractivity contribution in [2.45, 2.75) is 48.7 Å². The molecule has 1 unspecified atom stereocenters. The van der Waals surface area contributed by atoms with Crippen molar-refractivity contribution in [3.63, 3.8) is 0 Å². The van der Waals surface area contributed by atoms with Gasteiger partial charge in [0.05, 0.1) is 5.25 Å². The second-order valence-electron chi connectivity index (χ2n) is 4.68. The minimum Gasteiger partial charge on any atom is -1.00 e. The van der Waals surface area contributed by atoms with E-state index in [9.17, 15) is 0 Å². The number of thioether (sulfide) groups is 1. The third-order valence-corrected chi connectivity index (χ3v) is 6.00. The molecule has 2 heterocycles. The number of fused-ring (bicyclic) bond motifs is 3. The molecule has 1 aromatic carbocycles. The highest BCUT2D eigenvalue weighted by Gasteiger charge is 2.33. The zero-order valence-corrected chi connectivity index (χ0v) is 13.0. The van der Waals surface area contributed by atoms with Crippen LogP contribution in [-0.4, -0.2) is 5.25 Å². The summed E-state index contributed by atoms with van der Waals surface area (Å²) in [6, 6.07) is 8.78. The molecule has 0 N–H and O–H groups in total. The summed E-state index contributed by atoms with van der Waals surface area (Å²) < 4.78 is 5.45. The Kier molecular flexibility index (Phi) is 4.93. The topological polar surface area (TPSA) is 3.88 Å². The average Bonchev–Trinajstić information content (AvgIpc) is 2.86. The number of para-hydroxylation sites is 1. The third-order valence-electron chi connectivity index (χ3n) is 3.36. The maximum Gasteiger partial charge on any atom is 0.298 e. The van der Waals surface area contributed by atoms with E-state index in [1.54, 1.807) is 0 Å². The van der Waals surface area contributed by atoms with Crippen LogP contribution in [0.1, 0.15) is 32.6 Å². The van der Waals surface area contributed by atoms with Crippen molar-refractivity contribution >= 4 is 33.3 Å². The van der Waals surface area contributed by atoms with Crippen molar-refractivity contribution in [2.75, 3.05) is 0 Å². The molecule has 2 aromatic rings. The van der Waals surface area contributed by atoms with E-state index in [0.29, 0.717) is 0 Å². The lowest BCUT2D eigenvalue weighted by Gasteiger charge is -2.02. The maximum atomic E-state index is 2.52. The molecule has 0 bridgehead atoms. The molecule has 4 heteroatoms. The second kappa shape index (κ2) is 6.27. The normalized spacial score (nSPS) is 17.7. The van der Waals surface area contributed by atoms with Crippen LogP contribution in [0.4, 0.5) is 0 Å². The van der Waals surface area contributed by atoms with Crippen LogP contribution in [0.5, 0.6) is 0 Å². The quantitative estimate of drug-likeness (QED) is 0.607. The molecule has 0 radical (unpaired) electrons. The van der Waals surface area contributed by atoms with Gasteiger partial charge in [0.15, 0.2) is 6.54 Å². The van der Waals surface area contributed by atoms with Crippen LogP contribution >= 0.6 is 23.1 Å². The molecular formula is C14H18ClNS2. The standard InChI is InChI=1S/C14H18NS2.ClH/c1-2-3-4-7-11-10-15-12-8-5-6-9-13(12)17-14(15)16-11;/h5-6,8-9,11H,2-4,7,10H2,1H3;1H/q+1;/p-1. The molecule has 1 atom stereocenters. The minimum atomic E-state index is 0. The van der Waals surface area contributed by atoms with Gasteiger partial charge in [-0.15, -0.1) is 0 Å². The first-order chi connectivity index (χ1) is 8.38. The van der Waals surface area contributed by atoms with Crippen molar-refractivity contribution in [1.82, 2.24) is 0 Å². The van der Waals surface area contributed by atoms with Gasteiger partial charge in [0.1, 0.15) is 4.70 Å². The SMILES string of the molecule is CCCCCC1C[n+]2c(sc3ccccc32)S1.[Cl-]. The molecular weight excluding hydrogens is 282 g/mol. The number of hydrogen-bond donors (Lipinski definition) is 0. The fourth-order valence-corrected chi connectivity index (χ4v) is 5.29. The zero-order chi connectivity index (χ0) is 11.7. The number of aromatic nitrogens is 1. The zero-order valence-electron chi connectivity index (χ0n) is 10.6. The molecule has 3 rings (SSSR count). The highest BCUT2D eigenvalue weighted by Crippen LogP contribution is 2.37. The van der Waals surface area contributed by atoms with Gasteiger partial charge in [-0.1, -0.05) is 49.7 Å². The van der Waals surface area contributed by atoms with Crippen LogP contribution < -0.4 is 17.0 Å². The van der Waals surface area contributed by atoms with Gasteiger partial charge in [0.2, 0.25) is 5.52 Å². The smallest absolute Gasteiger partial charge is 0.298 e. The fourth-order valence-electron chi connectivity index (χ4n) is 2.43. The molecule has 1 aliphatic heterocycles. The number of rotatable bonds is 4. The van der Waals surface area contributed by atoms with E-state index in [4.69, 9.17) is 0 Å². The number of nitrogens with zero attached hydrogens (tertiary/aromatic N) is 1. The Morgan fingerprint density at radius 3 is 2.94 bits per heavy atom. The predicted octanol–water partition coefficient (Wildman–Crippen LogP) is 1.25. The first kappa shape index (κ1) is 14.2. The molecule has 18 heavy (non-hydrogen) atoms. The number of thiazole rings is 1. The van der Waals surface area contributed by atoms with Crippen molar-refractivity contribution in [3.8, 4) is 0 Å². The van der Waals surface area contributed by atoms with Gasteiger partial charge in [-0.2, -0.15) is 4.57 Å². The summed E-state index contributed by atoms with van der Waals surface area (Å²) in [5.41, 5.74) is 1.43. The molecule has 1 aromatic heterocycles. The van der Waals surface area contributed by atoms with E-state index in [2.05, 4.69) is 47.5 Å². The Hall–Kier alpha value is -0.250. The van der Waals surface area contributed by atoms with E-state index < -0.39 is 0 Å². The highest BCUT2D eigenvalue weighted by molar-refractivity contribution is 8.01. The average molecular weight is 300 g/mol. The summed E-state index contributed by atoms with van der Waals surface area (Å²) in [6.07, 6.45) is 5.48. The van der Waals surface area contributed by atoms with E-state index in [1.165, 1.54) is 46.8 Å². The van der Waals surface area contributed by atoms with Gasteiger partial charge in [0.25, 0.3) is 4.34 Å². The van der Waals surface area contributed by atoms with Crippen LogP contribution in [0, 0.1) is 0 Å². The number of halogens is 1. The lowest BCUT2D eigenvalue weighted by atomic mass is 10.1. The van der Waals surface area contributed by atoms with Gasteiger partial charge in [0, 0.05) is 6.07 Å². The van der Waals surface area contributed by atoms with Crippen LogP contribution in [0.25, 0.3) is 10.2 Å². The van der Waals surface area contributed by atoms with E-state index >= 15 is 0 Å². The maximum absolute atomic E-state index is 2.52. The van der Waals surface area contributed by atoms with Gasteiger partial charge in [-0.25, -0.2) is 0 Å². The summed E-state index contributed by atoms with van der Waals surface area (Å²) in [5, 5.41) is 0.817. The van der Waals surface area contributed by atoms with E-state index in [1.807, 2.05) is 11.3 Å². The summed E-state index contributed by atoms with van der Waals surface area (Å²) in [4.78, 5) is 0. The van der Waals surface area contributed by atoms with Crippen LogP contribution in [0.2, 0.25) is 0 Å². The monoisotopic (exact) mass is 299 g/mol. The van der Waals surface area contributed by atoms with Crippen LogP contribution in [-0.2, 0) is 6.54 Å². The lowest BCUT2D eigenvalue weighted by Crippen LogP contribution is -3.00. The van der Waals surface area contributed by atoms with Gasteiger partial charge >= 0.3 is 0 Å². The molecule has 0 amide bonds. The Bertz CT molecular complexity index is 523. The molecule has 0 aliphatic carbocycles. The summed E-state index contributed by atoms with van der Waals surface area (Å²) in [7, 11) is 0. The second-order valence-corrected chi connectivity index (χ2v) is 7.26. The van der Waals surface area contributed by atoms with Crippen molar-refractivity contribution in [3.05, 3.63) is 24.3 Å². The molecule has 0 saturated heterocycles. The molecule has 1 nitrogen and oxygen atoms in total. The van der Waals surface area contributed by atoms with Crippen molar-refractivity contribution in [1.29, 1.82) is 0 Å².